The van der Waals surface area contributed by atoms with Crippen molar-refractivity contribution in [3.05, 3.63) is 59.7 Å². The molecular weight excluding hydrogens is 467 g/mol. The molecule has 1 aliphatic heterocycles. The second-order valence-electron chi connectivity index (χ2n) is 6.41. The van der Waals surface area contributed by atoms with E-state index in [4.69, 9.17) is 4.74 Å². The summed E-state index contributed by atoms with van der Waals surface area (Å²) in [6.07, 6.45) is 2.02. The molecule has 0 fully saturated rings. The molecule has 2 N–H and O–H groups in total. The van der Waals surface area contributed by atoms with Crippen LogP contribution in [0.25, 0.3) is 0 Å². The first-order valence-corrected chi connectivity index (χ1v) is 9.17. The summed E-state index contributed by atoms with van der Waals surface area (Å²) in [5, 5.41) is 6.34. The molecule has 150 valence electrons. The lowest BCUT2D eigenvalue weighted by Crippen LogP contribution is -2.45. The number of para-hydroxylation sites is 1. The molecule has 2 aromatic carbocycles. The summed E-state index contributed by atoms with van der Waals surface area (Å²) < 4.78 is 5.24. The number of hydrogen-bond acceptors (Lipinski definition) is 3. The van der Waals surface area contributed by atoms with Gasteiger partial charge in [-0.3, -0.25) is 9.79 Å². The van der Waals surface area contributed by atoms with Crippen LogP contribution in [0.15, 0.2) is 53.5 Å². The van der Waals surface area contributed by atoms with Gasteiger partial charge in [-0.25, -0.2) is 0 Å². The van der Waals surface area contributed by atoms with Gasteiger partial charge in [0.1, 0.15) is 5.75 Å². The summed E-state index contributed by atoms with van der Waals surface area (Å²) in [6, 6.07) is 15.9. The van der Waals surface area contributed by atoms with E-state index >= 15 is 0 Å². The highest BCUT2D eigenvalue weighted by Gasteiger charge is 2.21. The van der Waals surface area contributed by atoms with Crippen LogP contribution in [0.1, 0.15) is 17.5 Å². The summed E-state index contributed by atoms with van der Waals surface area (Å²) in [5.41, 5.74) is 3.33. The summed E-state index contributed by atoms with van der Waals surface area (Å²) in [7, 11) is 3.35. The van der Waals surface area contributed by atoms with Crippen molar-refractivity contribution < 1.29 is 9.53 Å². The smallest absolute Gasteiger partial charge is 0.246 e. The van der Waals surface area contributed by atoms with Crippen LogP contribution in [-0.4, -0.2) is 39.1 Å². The van der Waals surface area contributed by atoms with Crippen molar-refractivity contribution in [1.82, 2.24) is 10.6 Å². The number of aryl methyl sites for hydroxylation is 1. The number of fused-ring (bicyclic) bond motifs is 1. The molecule has 0 spiro atoms. The molecule has 1 heterocycles. The van der Waals surface area contributed by atoms with E-state index in [9.17, 15) is 4.79 Å². The van der Waals surface area contributed by atoms with Crippen molar-refractivity contribution in [3.63, 3.8) is 0 Å². The Balaban J connectivity index is 0.00000280. The van der Waals surface area contributed by atoms with E-state index in [0.29, 0.717) is 12.5 Å². The van der Waals surface area contributed by atoms with Gasteiger partial charge < -0.3 is 20.3 Å². The van der Waals surface area contributed by atoms with Crippen LogP contribution in [0, 0.1) is 0 Å². The fourth-order valence-electron chi connectivity index (χ4n) is 3.24. The van der Waals surface area contributed by atoms with E-state index in [1.54, 1.807) is 14.2 Å². The molecule has 0 radical (unpaired) electrons. The van der Waals surface area contributed by atoms with Gasteiger partial charge in [0.2, 0.25) is 5.91 Å². The van der Waals surface area contributed by atoms with Crippen LogP contribution < -0.4 is 20.3 Å². The minimum atomic E-state index is 0. The summed E-state index contributed by atoms with van der Waals surface area (Å²) in [5.74, 6) is 1.46. The third kappa shape index (κ3) is 5.60. The summed E-state index contributed by atoms with van der Waals surface area (Å²) >= 11 is 0. The van der Waals surface area contributed by atoms with Crippen molar-refractivity contribution >= 4 is 41.5 Å². The molecular formula is C21H27IN4O2. The zero-order chi connectivity index (χ0) is 19.1. The van der Waals surface area contributed by atoms with Gasteiger partial charge in [-0.1, -0.05) is 30.3 Å². The van der Waals surface area contributed by atoms with Gasteiger partial charge in [-0.05, 0) is 42.2 Å². The Morgan fingerprint density at radius 1 is 1.18 bits per heavy atom. The highest BCUT2D eigenvalue weighted by molar-refractivity contribution is 14.0. The molecule has 0 atom stereocenters. The molecule has 28 heavy (non-hydrogen) atoms. The van der Waals surface area contributed by atoms with Crippen LogP contribution >= 0.6 is 24.0 Å². The average molecular weight is 494 g/mol. The number of halogens is 1. The summed E-state index contributed by atoms with van der Waals surface area (Å²) in [4.78, 5) is 18.8. The number of methoxy groups -OCH3 is 1. The van der Waals surface area contributed by atoms with Crippen LogP contribution in [-0.2, 0) is 17.8 Å². The van der Waals surface area contributed by atoms with E-state index in [1.807, 2.05) is 47.4 Å². The van der Waals surface area contributed by atoms with Crippen LogP contribution in [0.3, 0.4) is 0 Å². The predicted octanol–water partition coefficient (Wildman–Crippen LogP) is 2.96. The first kappa shape index (κ1) is 22.0. The van der Waals surface area contributed by atoms with Gasteiger partial charge in [0.25, 0.3) is 0 Å². The number of amides is 1. The van der Waals surface area contributed by atoms with Crippen LogP contribution in [0.2, 0.25) is 0 Å². The van der Waals surface area contributed by atoms with Gasteiger partial charge in [-0.15, -0.1) is 24.0 Å². The lowest BCUT2D eigenvalue weighted by molar-refractivity contribution is -0.117. The average Bonchev–Trinajstić information content (AvgIpc) is 2.73. The standard InChI is InChI=1S/C21H26N4O2.HI/c1-22-21(23-14-16-7-5-10-18(13-16)27-2)24-15-20(26)25-12-6-9-17-8-3-4-11-19(17)25;/h3-5,7-8,10-11,13H,6,9,12,14-15H2,1-2H3,(H2,22,23,24);1H. The van der Waals surface area contributed by atoms with E-state index in [2.05, 4.69) is 21.7 Å². The normalized spacial score (nSPS) is 13.2. The SMILES string of the molecule is CN=C(NCC(=O)N1CCCc2ccccc21)NCc1cccc(OC)c1.I. The van der Waals surface area contributed by atoms with Crippen molar-refractivity contribution in [2.75, 3.05) is 32.1 Å². The van der Waals surface area contributed by atoms with Gasteiger partial charge in [0.05, 0.1) is 13.7 Å². The number of benzene rings is 2. The number of nitrogens with zero attached hydrogens (tertiary/aromatic N) is 2. The van der Waals surface area contributed by atoms with E-state index < -0.39 is 0 Å². The third-order valence-electron chi connectivity index (χ3n) is 4.64. The minimum Gasteiger partial charge on any atom is -0.497 e. The number of anilines is 1. The highest BCUT2D eigenvalue weighted by atomic mass is 127. The second-order valence-corrected chi connectivity index (χ2v) is 6.41. The first-order chi connectivity index (χ1) is 13.2. The largest absolute Gasteiger partial charge is 0.497 e. The Morgan fingerprint density at radius 3 is 2.79 bits per heavy atom. The Morgan fingerprint density at radius 2 is 2.00 bits per heavy atom. The van der Waals surface area contributed by atoms with E-state index in [0.717, 1.165) is 36.4 Å². The molecule has 0 saturated carbocycles. The minimum absolute atomic E-state index is 0. The molecule has 0 saturated heterocycles. The number of hydrogen-bond donors (Lipinski definition) is 2. The Bertz CT molecular complexity index is 826. The molecule has 0 bridgehead atoms. The molecule has 2 aromatic rings. The predicted molar refractivity (Wildman–Crippen MR) is 124 cm³/mol. The maximum Gasteiger partial charge on any atom is 0.246 e. The second kappa shape index (κ2) is 10.9. The number of carbonyl (C=O) groups excluding carboxylic acids is 1. The molecule has 6 nitrogen and oxygen atoms in total. The van der Waals surface area contributed by atoms with Crippen molar-refractivity contribution in [2.24, 2.45) is 4.99 Å². The Labute approximate surface area is 183 Å². The van der Waals surface area contributed by atoms with Gasteiger partial charge in [0.15, 0.2) is 5.96 Å². The van der Waals surface area contributed by atoms with Crippen molar-refractivity contribution in [1.29, 1.82) is 0 Å². The van der Waals surface area contributed by atoms with Gasteiger partial charge >= 0.3 is 0 Å². The number of nitrogens with one attached hydrogen (secondary N) is 2. The first-order valence-electron chi connectivity index (χ1n) is 9.17. The fraction of sp³-hybridized carbons (Fsp3) is 0.333. The fourth-order valence-corrected chi connectivity index (χ4v) is 3.24. The lowest BCUT2D eigenvalue weighted by atomic mass is 10.0. The molecule has 0 aromatic heterocycles. The van der Waals surface area contributed by atoms with Crippen LogP contribution in [0.4, 0.5) is 5.69 Å². The zero-order valence-corrected chi connectivity index (χ0v) is 18.6. The molecule has 0 aliphatic carbocycles. The quantitative estimate of drug-likeness (QED) is 0.381. The molecule has 0 unspecified atom stereocenters. The van der Waals surface area contributed by atoms with E-state index in [1.165, 1.54) is 5.56 Å². The molecule has 7 heteroatoms. The van der Waals surface area contributed by atoms with E-state index in [-0.39, 0.29) is 36.4 Å². The zero-order valence-electron chi connectivity index (χ0n) is 16.3. The number of ether oxygens (including phenoxy) is 1. The number of aliphatic imine (C=N–C) groups is 1. The maximum atomic E-state index is 12.7. The molecule has 1 aliphatic rings. The Kier molecular flexibility index (Phi) is 8.56. The monoisotopic (exact) mass is 494 g/mol. The highest BCUT2D eigenvalue weighted by Crippen LogP contribution is 2.26. The number of guanidine groups is 1. The molecule has 3 rings (SSSR count). The number of carbonyl (C=O) groups is 1. The lowest BCUT2D eigenvalue weighted by Gasteiger charge is -2.29. The van der Waals surface area contributed by atoms with Gasteiger partial charge in [0, 0.05) is 25.8 Å². The van der Waals surface area contributed by atoms with Gasteiger partial charge in [-0.2, -0.15) is 0 Å². The Hall–Kier alpha value is -2.29. The van der Waals surface area contributed by atoms with Crippen molar-refractivity contribution in [2.45, 2.75) is 19.4 Å². The number of rotatable bonds is 5. The third-order valence-corrected chi connectivity index (χ3v) is 4.64. The topological polar surface area (TPSA) is 66.0 Å². The van der Waals surface area contributed by atoms with Crippen LogP contribution in [0.5, 0.6) is 5.75 Å². The summed E-state index contributed by atoms with van der Waals surface area (Å²) in [6.45, 7) is 1.55. The molecule has 1 amide bonds. The van der Waals surface area contributed by atoms with Crippen molar-refractivity contribution in [3.8, 4) is 5.75 Å². The maximum absolute atomic E-state index is 12.7.